The second kappa shape index (κ2) is 7.57. The second-order valence-corrected chi connectivity index (χ2v) is 6.32. The van der Waals surface area contributed by atoms with Gasteiger partial charge in [-0.2, -0.15) is 15.0 Å². The van der Waals surface area contributed by atoms with Crippen molar-refractivity contribution < 1.29 is 4.79 Å². The van der Waals surface area contributed by atoms with Crippen LogP contribution in [0.1, 0.15) is 42.1 Å². The van der Waals surface area contributed by atoms with E-state index in [1.54, 1.807) is 12.4 Å². The summed E-state index contributed by atoms with van der Waals surface area (Å²) in [6.07, 6.45) is 6.37. The summed E-state index contributed by atoms with van der Waals surface area (Å²) in [6, 6.07) is 6.15. The predicted octanol–water partition coefficient (Wildman–Crippen LogP) is 2.18. The van der Waals surface area contributed by atoms with Gasteiger partial charge in [-0.25, -0.2) is 0 Å². The number of hydrogen-bond donors (Lipinski definition) is 1. The normalized spacial score (nSPS) is 18.4. The Balaban J connectivity index is 1.97. The fourth-order valence-electron chi connectivity index (χ4n) is 3.32. The third-order valence-electron chi connectivity index (χ3n) is 4.52. The summed E-state index contributed by atoms with van der Waals surface area (Å²) < 4.78 is 0. The molecule has 1 saturated heterocycles. The molecule has 0 aliphatic carbocycles. The van der Waals surface area contributed by atoms with Crippen molar-refractivity contribution in [3.8, 4) is 5.69 Å². The summed E-state index contributed by atoms with van der Waals surface area (Å²) in [5.41, 5.74) is 2.48. The highest BCUT2D eigenvalue weighted by Gasteiger charge is 2.27. The van der Waals surface area contributed by atoms with Crippen LogP contribution in [0.25, 0.3) is 5.69 Å². The van der Waals surface area contributed by atoms with Gasteiger partial charge in [0.1, 0.15) is 0 Å². The quantitative estimate of drug-likeness (QED) is 0.935. The molecule has 0 saturated carbocycles. The van der Waals surface area contributed by atoms with Gasteiger partial charge in [0, 0.05) is 19.1 Å². The average Bonchev–Trinajstić information content (AvgIpc) is 3.01. The Labute approximate surface area is 142 Å². The molecule has 128 valence electrons. The molecular weight excluding hydrogens is 302 g/mol. The number of benzene rings is 1. The van der Waals surface area contributed by atoms with Crippen molar-refractivity contribution in [2.45, 2.75) is 39.2 Å². The van der Waals surface area contributed by atoms with E-state index in [2.05, 4.69) is 22.4 Å². The molecule has 3 rings (SSSR count). The fourth-order valence-corrected chi connectivity index (χ4v) is 3.32. The highest BCUT2D eigenvalue weighted by atomic mass is 16.2. The molecule has 6 heteroatoms. The van der Waals surface area contributed by atoms with E-state index in [0.717, 1.165) is 50.1 Å². The molecule has 0 radical (unpaired) electrons. The van der Waals surface area contributed by atoms with E-state index in [1.807, 2.05) is 30.0 Å². The minimum absolute atomic E-state index is 0.0770. The first-order valence-corrected chi connectivity index (χ1v) is 8.69. The van der Waals surface area contributed by atoms with Crippen LogP contribution in [0.2, 0.25) is 0 Å². The van der Waals surface area contributed by atoms with Crippen molar-refractivity contribution in [2.24, 2.45) is 0 Å². The zero-order chi connectivity index (χ0) is 16.9. The van der Waals surface area contributed by atoms with Crippen LogP contribution in [-0.4, -0.2) is 51.5 Å². The van der Waals surface area contributed by atoms with E-state index in [4.69, 9.17) is 0 Å². The molecule has 0 bridgehead atoms. The minimum Gasteiger partial charge on any atom is -0.334 e. The molecule has 1 aromatic heterocycles. The molecule has 1 N–H and O–H groups in total. The maximum atomic E-state index is 13.3. The average molecular weight is 327 g/mol. The molecule has 1 fully saturated rings. The highest BCUT2D eigenvalue weighted by molar-refractivity contribution is 5.98. The first-order valence-electron chi connectivity index (χ1n) is 8.69. The Kier molecular flexibility index (Phi) is 5.25. The smallest absolute Gasteiger partial charge is 0.256 e. The maximum Gasteiger partial charge on any atom is 0.256 e. The monoisotopic (exact) mass is 327 g/mol. The van der Waals surface area contributed by atoms with Gasteiger partial charge in [0.15, 0.2) is 0 Å². The zero-order valence-electron chi connectivity index (χ0n) is 14.4. The first-order chi connectivity index (χ1) is 11.7. The zero-order valence-corrected chi connectivity index (χ0v) is 14.4. The maximum absolute atomic E-state index is 13.3. The number of carbonyl (C=O) groups excluding carboxylic acids is 1. The third-order valence-corrected chi connectivity index (χ3v) is 4.52. The van der Waals surface area contributed by atoms with Crippen molar-refractivity contribution in [3.05, 3.63) is 41.7 Å². The molecule has 0 spiro atoms. The second-order valence-electron chi connectivity index (χ2n) is 6.32. The van der Waals surface area contributed by atoms with Crippen LogP contribution in [-0.2, 0) is 0 Å². The van der Waals surface area contributed by atoms with Gasteiger partial charge in [-0.1, -0.05) is 25.0 Å². The van der Waals surface area contributed by atoms with Crippen molar-refractivity contribution >= 4 is 5.91 Å². The number of aryl methyl sites for hydroxylation is 1. The summed E-state index contributed by atoms with van der Waals surface area (Å²) in [6.45, 7) is 6.73. The van der Waals surface area contributed by atoms with E-state index in [0.29, 0.717) is 5.56 Å². The van der Waals surface area contributed by atoms with Gasteiger partial charge in [-0.15, -0.1) is 0 Å². The lowest BCUT2D eigenvalue weighted by Crippen LogP contribution is -2.41. The van der Waals surface area contributed by atoms with E-state index in [1.165, 1.54) is 4.80 Å². The number of nitrogens with one attached hydrogen (secondary N) is 1. The molecule has 2 heterocycles. The Hall–Kier alpha value is -2.21. The summed E-state index contributed by atoms with van der Waals surface area (Å²) in [7, 11) is 0. The molecule has 1 aliphatic heterocycles. The standard InChI is InChI=1S/C18H25N5O/c1-3-4-15-7-8-19-11-12-22(15)18(24)16-13-14(2)5-6-17(16)23-20-9-10-21-23/h5-6,9-10,13,15,19H,3-4,7-8,11-12H2,1-2H3. The van der Waals surface area contributed by atoms with Crippen LogP contribution in [0, 0.1) is 6.92 Å². The Bertz CT molecular complexity index is 683. The van der Waals surface area contributed by atoms with E-state index < -0.39 is 0 Å². The number of amides is 1. The van der Waals surface area contributed by atoms with Crippen LogP contribution in [0.15, 0.2) is 30.6 Å². The SMILES string of the molecule is CCCC1CCNCCN1C(=O)c1cc(C)ccc1-n1nccn1. The minimum atomic E-state index is 0.0770. The Morgan fingerprint density at radius 3 is 2.83 bits per heavy atom. The molecule has 1 aliphatic rings. The number of rotatable bonds is 4. The molecule has 1 amide bonds. The van der Waals surface area contributed by atoms with Crippen LogP contribution < -0.4 is 5.32 Å². The summed E-state index contributed by atoms with van der Waals surface area (Å²) in [4.78, 5) is 16.9. The Morgan fingerprint density at radius 1 is 1.29 bits per heavy atom. The Morgan fingerprint density at radius 2 is 2.08 bits per heavy atom. The summed E-state index contributed by atoms with van der Waals surface area (Å²) in [5, 5.41) is 11.8. The number of hydrogen-bond acceptors (Lipinski definition) is 4. The van der Waals surface area contributed by atoms with Crippen LogP contribution in [0.5, 0.6) is 0 Å². The van der Waals surface area contributed by atoms with Crippen molar-refractivity contribution in [3.63, 3.8) is 0 Å². The number of carbonyl (C=O) groups is 1. The van der Waals surface area contributed by atoms with Crippen molar-refractivity contribution in [1.29, 1.82) is 0 Å². The van der Waals surface area contributed by atoms with Gasteiger partial charge in [-0.3, -0.25) is 4.79 Å². The van der Waals surface area contributed by atoms with E-state index in [9.17, 15) is 4.79 Å². The van der Waals surface area contributed by atoms with Crippen LogP contribution >= 0.6 is 0 Å². The van der Waals surface area contributed by atoms with Gasteiger partial charge < -0.3 is 10.2 Å². The van der Waals surface area contributed by atoms with Gasteiger partial charge in [0.2, 0.25) is 0 Å². The van der Waals surface area contributed by atoms with Gasteiger partial charge in [0.05, 0.1) is 23.6 Å². The van der Waals surface area contributed by atoms with E-state index in [-0.39, 0.29) is 11.9 Å². The number of aromatic nitrogens is 3. The molecule has 1 unspecified atom stereocenters. The molecule has 2 aromatic rings. The summed E-state index contributed by atoms with van der Waals surface area (Å²) in [5.74, 6) is 0.0770. The molecule has 1 atom stereocenters. The fraction of sp³-hybridized carbons (Fsp3) is 0.500. The van der Waals surface area contributed by atoms with E-state index >= 15 is 0 Å². The molecule has 1 aromatic carbocycles. The topological polar surface area (TPSA) is 63.1 Å². The third kappa shape index (κ3) is 3.48. The lowest BCUT2D eigenvalue weighted by Gasteiger charge is -2.30. The van der Waals surface area contributed by atoms with Gasteiger partial charge in [-0.05, 0) is 38.4 Å². The predicted molar refractivity (Wildman–Crippen MR) is 93.3 cm³/mol. The van der Waals surface area contributed by atoms with Gasteiger partial charge in [0.25, 0.3) is 5.91 Å². The lowest BCUT2D eigenvalue weighted by molar-refractivity contribution is 0.0680. The largest absolute Gasteiger partial charge is 0.334 e. The number of nitrogens with zero attached hydrogens (tertiary/aromatic N) is 4. The van der Waals surface area contributed by atoms with Crippen LogP contribution in [0.4, 0.5) is 0 Å². The molecule has 24 heavy (non-hydrogen) atoms. The highest BCUT2D eigenvalue weighted by Crippen LogP contribution is 2.21. The van der Waals surface area contributed by atoms with Crippen molar-refractivity contribution in [1.82, 2.24) is 25.2 Å². The summed E-state index contributed by atoms with van der Waals surface area (Å²) >= 11 is 0. The molecule has 6 nitrogen and oxygen atoms in total. The lowest BCUT2D eigenvalue weighted by atomic mass is 10.0. The van der Waals surface area contributed by atoms with Crippen LogP contribution in [0.3, 0.4) is 0 Å². The first kappa shape index (κ1) is 16.6. The van der Waals surface area contributed by atoms with Gasteiger partial charge >= 0.3 is 0 Å². The van der Waals surface area contributed by atoms with Crippen molar-refractivity contribution in [2.75, 3.05) is 19.6 Å². The molecular formula is C18H25N5O.